The van der Waals surface area contributed by atoms with Gasteiger partial charge in [0.15, 0.2) is 0 Å². The van der Waals surface area contributed by atoms with Gasteiger partial charge in [-0.2, -0.15) is 13.2 Å². The molecule has 3 atom stereocenters. The molecule has 0 bridgehead atoms. The minimum atomic E-state index is -4.51. The number of carbonyl (C=O) groups is 2. The average Bonchev–Trinajstić information content (AvgIpc) is 3.62. The van der Waals surface area contributed by atoms with Crippen LogP contribution >= 0.6 is 0 Å². The van der Waals surface area contributed by atoms with Crippen LogP contribution in [0.1, 0.15) is 49.9 Å². The van der Waals surface area contributed by atoms with Gasteiger partial charge in [-0.15, -0.1) is 0 Å². The molecule has 2 fully saturated rings. The summed E-state index contributed by atoms with van der Waals surface area (Å²) in [4.78, 5) is 33.4. The van der Waals surface area contributed by atoms with E-state index in [1.165, 1.54) is 12.1 Å². The van der Waals surface area contributed by atoms with E-state index in [1.54, 1.807) is 53.9 Å². The van der Waals surface area contributed by atoms with Crippen LogP contribution in [-0.2, 0) is 20.5 Å². The molecule has 2 aromatic heterocycles. The highest BCUT2D eigenvalue weighted by molar-refractivity contribution is 5.90. The van der Waals surface area contributed by atoms with Crippen LogP contribution in [0.2, 0.25) is 0 Å². The van der Waals surface area contributed by atoms with E-state index in [9.17, 15) is 22.8 Å². The van der Waals surface area contributed by atoms with Crippen LogP contribution in [0.15, 0.2) is 48.8 Å². The molecule has 2 saturated heterocycles. The second-order valence-electron chi connectivity index (χ2n) is 10.5. The SMILES string of the molecule is CN[C@@H](C)C(=O)N[C@H](C(=O)N1CCC[C@H]1c1cn2cccc(-c3ccccc3C(F)(F)F)c2n1)C1CCOCC1. The first-order chi connectivity index (χ1) is 19.2. The number of rotatable bonds is 7. The molecule has 2 N–H and O–H groups in total. The smallest absolute Gasteiger partial charge is 0.381 e. The molecule has 11 heteroatoms. The summed E-state index contributed by atoms with van der Waals surface area (Å²) in [7, 11) is 1.69. The van der Waals surface area contributed by atoms with Crippen LogP contribution < -0.4 is 10.6 Å². The van der Waals surface area contributed by atoms with Crippen molar-refractivity contribution >= 4 is 17.5 Å². The second-order valence-corrected chi connectivity index (χ2v) is 10.5. The molecule has 2 aliphatic heterocycles. The molecule has 8 nitrogen and oxygen atoms in total. The maximum Gasteiger partial charge on any atom is 0.417 e. The fraction of sp³-hybridized carbons (Fsp3) is 0.483. The van der Waals surface area contributed by atoms with Gasteiger partial charge in [-0.3, -0.25) is 9.59 Å². The lowest BCUT2D eigenvalue weighted by Crippen LogP contribution is -2.56. The normalized spacial score (nSPS) is 20.0. The van der Waals surface area contributed by atoms with Crippen LogP contribution in [0.25, 0.3) is 16.8 Å². The Morgan fingerprint density at radius 2 is 1.80 bits per heavy atom. The van der Waals surface area contributed by atoms with E-state index in [0.717, 1.165) is 12.5 Å². The molecular weight excluding hydrogens is 523 g/mol. The Labute approximate surface area is 230 Å². The van der Waals surface area contributed by atoms with E-state index in [1.807, 2.05) is 0 Å². The van der Waals surface area contributed by atoms with Gasteiger partial charge in [-0.25, -0.2) is 4.98 Å². The molecule has 0 spiro atoms. The third-order valence-corrected chi connectivity index (χ3v) is 8.03. The Kier molecular flexibility index (Phi) is 8.14. The number of benzene rings is 1. The number of carbonyl (C=O) groups excluding carboxylic acids is 2. The number of fused-ring (bicyclic) bond motifs is 1. The molecule has 0 saturated carbocycles. The lowest BCUT2D eigenvalue weighted by molar-refractivity contribution is -0.140. The number of alkyl halides is 3. The highest BCUT2D eigenvalue weighted by atomic mass is 19.4. The fourth-order valence-corrected chi connectivity index (χ4v) is 5.72. The third-order valence-electron chi connectivity index (χ3n) is 8.03. The van der Waals surface area contributed by atoms with Crippen molar-refractivity contribution in [3.63, 3.8) is 0 Å². The number of likely N-dealkylation sites (tertiary alicyclic amines) is 1. The quantitative estimate of drug-likeness (QED) is 0.455. The first kappa shape index (κ1) is 28.1. The summed E-state index contributed by atoms with van der Waals surface area (Å²) in [5, 5.41) is 5.90. The van der Waals surface area contributed by atoms with Crippen molar-refractivity contribution in [3.8, 4) is 11.1 Å². The van der Waals surface area contributed by atoms with Gasteiger partial charge in [0.25, 0.3) is 0 Å². The van der Waals surface area contributed by atoms with Gasteiger partial charge in [0.05, 0.1) is 23.3 Å². The Balaban J connectivity index is 1.47. The number of nitrogens with zero attached hydrogens (tertiary/aromatic N) is 3. The highest BCUT2D eigenvalue weighted by Crippen LogP contribution is 2.39. The second kappa shape index (κ2) is 11.6. The number of hydrogen-bond donors (Lipinski definition) is 2. The van der Waals surface area contributed by atoms with Gasteiger partial charge in [-0.1, -0.05) is 18.2 Å². The standard InChI is InChI=1S/C29H34F3N5O3/c1-18(33-2)27(38)35-25(19-11-15-40-16-12-19)28(39)37-14-6-10-24(37)23-17-36-13-5-8-21(26(36)34-23)20-7-3-4-9-22(20)29(30,31)32/h3-5,7-9,13,17-19,24-25,33H,6,10-12,14-16H2,1-2H3,(H,35,38)/t18-,24-,25-/m0/s1. The Morgan fingerprint density at radius 3 is 2.52 bits per heavy atom. The summed E-state index contributed by atoms with van der Waals surface area (Å²) in [6, 6.07) is 7.29. The molecule has 0 radical (unpaired) electrons. The summed E-state index contributed by atoms with van der Waals surface area (Å²) in [6.07, 6.45) is 1.79. The van der Waals surface area contributed by atoms with E-state index >= 15 is 0 Å². The van der Waals surface area contributed by atoms with E-state index in [2.05, 4.69) is 10.6 Å². The van der Waals surface area contributed by atoms with E-state index in [-0.39, 0.29) is 29.3 Å². The lowest BCUT2D eigenvalue weighted by atomic mass is 9.90. The van der Waals surface area contributed by atoms with Gasteiger partial charge in [-0.05, 0) is 69.3 Å². The molecule has 5 rings (SSSR count). The predicted octanol–water partition coefficient (Wildman–Crippen LogP) is 4.20. The largest absolute Gasteiger partial charge is 0.417 e. The van der Waals surface area contributed by atoms with Crippen LogP contribution in [0, 0.1) is 5.92 Å². The number of imidazole rings is 1. The van der Waals surface area contributed by atoms with E-state index in [4.69, 9.17) is 9.72 Å². The highest BCUT2D eigenvalue weighted by Gasteiger charge is 2.40. The van der Waals surface area contributed by atoms with Crippen molar-refractivity contribution in [2.75, 3.05) is 26.8 Å². The van der Waals surface area contributed by atoms with Crippen molar-refractivity contribution in [1.29, 1.82) is 0 Å². The number of aromatic nitrogens is 2. The Bertz CT molecular complexity index is 1370. The van der Waals surface area contributed by atoms with Crippen molar-refractivity contribution in [2.45, 2.75) is 56.9 Å². The predicted molar refractivity (Wildman–Crippen MR) is 143 cm³/mol. The summed E-state index contributed by atoms with van der Waals surface area (Å²) in [6.45, 7) is 3.32. The van der Waals surface area contributed by atoms with Crippen LogP contribution in [0.5, 0.6) is 0 Å². The summed E-state index contributed by atoms with van der Waals surface area (Å²) in [5.74, 6) is -0.461. The van der Waals surface area contributed by atoms with E-state index < -0.39 is 23.8 Å². The number of likely N-dealkylation sites (N-methyl/N-ethyl adjacent to an activating group) is 1. The van der Waals surface area contributed by atoms with Gasteiger partial charge < -0.3 is 24.7 Å². The fourth-order valence-electron chi connectivity index (χ4n) is 5.72. The molecule has 3 aromatic rings. The third kappa shape index (κ3) is 5.57. The Hall–Kier alpha value is -3.44. The summed E-state index contributed by atoms with van der Waals surface area (Å²) < 4.78 is 48.6. The molecule has 4 heterocycles. The minimum Gasteiger partial charge on any atom is -0.381 e. The Morgan fingerprint density at radius 1 is 1.07 bits per heavy atom. The molecule has 214 valence electrons. The first-order valence-corrected chi connectivity index (χ1v) is 13.7. The summed E-state index contributed by atoms with van der Waals surface area (Å²) >= 11 is 0. The molecule has 1 aromatic carbocycles. The molecule has 40 heavy (non-hydrogen) atoms. The molecule has 0 aliphatic carbocycles. The van der Waals surface area contributed by atoms with Crippen molar-refractivity contribution < 1.29 is 27.5 Å². The minimum absolute atomic E-state index is 0.0537. The number of amides is 2. The molecule has 2 amide bonds. The van der Waals surface area contributed by atoms with Crippen molar-refractivity contribution in [3.05, 3.63) is 60.0 Å². The zero-order chi connectivity index (χ0) is 28.4. The summed E-state index contributed by atoms with van der Waals surface area (Å²) in [5.41, 5.74) is 0.703. The van der Waals surface area contributed by atoms with Gasteiger partial charge in [0.1, 0.15) is 11.7 Å². The van der Waals surface area contributed by atoms with Crippen molar-refractivity contribution in [2.24, 2.45) is 5.92 Å². The maximum absolute atomic E-state index is 14.0. The zero-order valence-corrected chi connectivity index (χ0v) is 22.6. The number of halogens is 3. The van der Waals surface area contributed by atoms with Crippen LogP contribution in [0.3, 0.4) is 0 Å². The van der Waals surface area contributed by atoms with Crippen LogP contribution in [-0.4, -0.2) is 65.0 Å². The molecule has 0 unspecified atom stereocenters. The first-order valence-electron chi connectivity index (χ1n) is 13.7. The topological polar surface area (TPSA) is 88.0 Å². The van der Waals surface area contributed by atoms with Crippen LogP contribution in [0.4, 0.5) is 13.2 Å². The zero-order valence-electron chi connectivity index (χ0n) is 22.6. The van der Waals surface area contributed by atoms with Gasteiger partial charge in [0, 0.05) is 37.7 Å². The molecular formula is C29H34F3N5O3. The number of nitrogens with one attached hydrogen (secondary N) is 2. The number of pyridine rings is 1. The number of ether oxygens (including phenoxy) is 1. The average molecular weight is 558 g/mol. The lowest BCUT2D eigenvalue weighted by Gasteiger charge is -2.35. The van der Waals surface area contributed by atoms with Crippen molar-refractivity contribution in [1.82, 2.24) is 24.9 Å². The van der Waals surface area contributed by atoms with Gasteiger partial charge in [0.2, 0.25) is 11.8 Å². The monoisotopic (exact) mass is 557 g/mol. The number of hydrogen-bond acceptors (Lipinski definition) is 5. The van der Waals surface area contributed by atoms with E-state index in [0.29, 0.717) is 55.9 Å². The maximum atomic E-state index is 14.0. The van der Waals surface area contributed by atoms with Gasteiger partial charge >= 0.3 is 6.18 Å². The molecule has 2 aliphatic rings.